The second-order valence-electron chi connectivity index (χ2n) is 6.91. The predicted molar refractivity (Wildman–Crippen MR) is 121 cm³/mol. The number of anilines is 1. The molecule has 31 heavy (non-hydrogen) atoms. The lowest BCUT2D eigenvalue weighted by Gasteiger charge is -2.22. The summed E-state index contributed by atoms with van der Waals surface area (Å²) in [6.07, 6.45) is 0.901. The van der Waals surface area contributed by atoms with E-state index in [2.05, 4.69) is 9.97 Å². The summed E-state index contributed by atoms with van der Waals surface area (Å²) in [5.41, 5.74) is 2.20. The number of carbonyl (C=O) groups excluding carboxylic acids is 1. The third kappa shape index (κ3) is 4.92. The van der Waals surface area contributed by atoms with E-state index in [9.17, 15) is 4.79 Å². The standard InChI is InChI=1S/C24H20ClN3O3/c1-16(24(29)28(2)18-6-4-3-5-7-18)30-19-9-11-20(12-10-19)31-23-15-26-22-14-17(25)8-13-21(22)27-23/h3-16H,1-2H3/t16-/m1/s1. The molecule has 1 amide bonds. The second kappa shape index (κ2) is 9.02. The van der Waals surface area contributed by atoms with E-state index in [0.29, 0.717) is 33.4 Å². The van der Waals surface area contributed by atoms with E-state index in [1.54, 1.807) is 67.5 Å². The highest BCUT2D eigenvalue weighted by atomic mass is 35.5. The summed E-state index contributed by atoms with van der Waals surface area (Å²) in [7, 11) is 1.73. The van der Waals surface area contributed by atoms with E-state index in [0.717, 1.165) is 5.69 Å². The zero-order valence-corrected chi connectivity index (χ0v) is 17.8. The molecule has 3 aromatic carbocycles. The van der Waals surface area contributed by atoms with Crippen molar-refractivity contribution >= 4 is 34.2 Å². The van der Waals surface area contributed by atoms with Gasteiger partial charge in [-0.25, -0.2) is 9.97 Å². The number of fused-ring (bicyclic) bond motifs is 1. The highest BCUT2D eigenvalue weighted by Gasteiger charge is 2.20. The summed E-state index contributed by atoms with van der Waals surface area (Å²) in [4.78, 5) is 23.0. The largest absolute Gasteiger partial charge is 0.481 e. The van der Waals surface area contributed by atoms with Gasteiger partial charge >= 0.3 is 0 Å². The van der Waals surface area contributed by atoms with Crippen molar-refractivity contribution in [1.29, 1.82) is 0 Å². The monoisotopic (exact) mass is 433 g/mol. The van der Waals surface area contributed by atoms with Crippen LogP contribution in [0.1, 0.15) is 6.92 Å². The molecular formula is C24H20ClN3O3. The average molecular weight is 434 g/mol. The first kappa shape index (κ1) is 20.6. The van der Waals surface area contributed by atoms with Crippen molar-refractivity contribution in [1.82, 2.24) is 9.97 Å². The Morgan fingerprint density at radius 2 is 1.68 bits per heavy atom. The third-order valence-electron chi connectivity index (χ3n) is 4.66. The highest BCUT2D eigenvalue weighted by molar-refractivity contribution is 6.31. The Morgan fingerprint density at radius 1 is 0.968 bits per heavy atom. The molecule has 0 N–H and O–H groups in total. The number of para-hydroxylation sites is 1. The maximum absolute atomic E-state index is 12.6. The molecular weight excluding hydrogens is 414 g/mol. The molecule has 0 fully saturated rings. The summed E-state index contributed by atoms with van der Waals surface area (Å²) in [6, 6.07) is 21.7. The zero-order valence-electron chi connectivity index (χ0n) is 17.0. The smallest absolute Gasteiger partial charge is 0.267 e. The third-order valence-corrected chi connectivity index (χ3v) is 4.90. The first-order valence-corrected chi connectivity index (χ1v) is 10.1. The van der Waals surface area contributed by atoms with Crippen LogP contribution in [0.4, 0.5) is 5.69 Å². The van der Waals surface area contributed by atoms with E-state index in [4.69, 9.17) is 21.1 Å². The molecule has 0 aliphatic rings. The normalized spacial score (nSPS) is 11.7. The molecule has 1 heterocycles. The first-order chi connectivity index (χ1) is 15.0. The number of nitrogens with zero attached hydrogens (tertiary/aromatic N) is 3. The van der Waals surface area contributed by atoms with Crippen molar-refractivity contribution in [2.24, 2.45) is 0 Å². The molecule has 0 aliphatic heterocycles. The average Bonchev–Trinajstić information content (AvgIpc) is 2.80. The van der Waals surface area contributed by atoms with Gasteiger partial charge in [0.15, 0.2) is 6.10 Å². The van der Waals surface area contributed by atoms with Crippen LogP contribution in [-0.4, -0.2) is 29.0 Å². The minimum Gasteiger partial charge on any atom is -0.481 e. The highest BCUT2D eigenvalue weighted by Crippen LogP contribution is 2.25. The van der Waals surface area contributed by atoms with Crippen LogP contribution in [0.5, 0.6) is 17.4 Å². The topological polar surface area (TPSA) is 64.5 Å². The van der Waals surface area contributed by atoms with E-state index >= 15 is 0 Å². The molecule has 0 saturated heterocycles. The van der Waals surface area contributed by atoms with Gasteiger partial charge in [0, 0.05) is 17.8 Å². The van der Waals surface area contributed by atoms with Crippen LogP contribution in [0, 0.1) is 0 Å². The molecule has 7 heteroatoms. The Hall–Kier alpha value is -3.64. The molecule has 4 aromatic rings. The summed E-state index contributed by atoms with van der Waals surface area (Å²) in [5, 5.41) is 0.605. The quantitative estimate of drug-likeness (QED) is 0.401. The minimum absolute atomic E-state index is 0.141. The number of aromatic nitrogens is 2. The molecule has 156 valence electrons. The Morgan fingerprint density at radius 3 is 2.42 bits per heavy atom. The van der Waals surface area contributed by atoms with E-state index < -0.39 is 6.10 Å². The number of benzene rings is 3. The summed E-state index contributed by atoms with van der Waals surface area (Å²) in [6.45, 7) is 1.73. The summed E-state index contributed by atoms with van der Waals surface area (Å²) >= 11 is 5.97. The fraction of sp³-hybridized carbons (Fsp3) is 0.125. The van der Waals surface area contributed by atoms with Gasteiger partial charge in [-0.1, -0.05) is 29.8 Å². The van der Waals surface area contributed by atoms with E-state index in [1.807, 2.05) is 30.3 Å². The Balaban J connectivity index is 1.40. The van der Waals surface area contributed by atoms with Gasteiger partial charge in [-0.05, 0) is 61.5 Å². The van der Waals surface area contributed by atoms with Crippen LogP contribution in [0.3, 0.4) is 0 Å². The Kier molecular flexibility index (Phi) is 6.00. The van der Waals surface area contributed by atoms with Crippen molar-refractivity contribution in [3.63, 3.8) is 0 Å². The van der Waals surface area contributed by atoms with Crippen molar-refractivity contribution < 1.29 is 14.3 Å². The number of amides is 1. The summed E-state index contributed by atoms with van der Waals surface area (Å²) in [5.74, 6) is 1.37. The van der Waals surface area contributed by atoms with Crippen molar-refractivity contribution in [3.05, 3.63) is 84.0 Å². The Labute approximate surface area is 185 Å². The van der Waals surface area contributed by atoms with Gasteiger partial charge in [0.25, 0.3) is 5.91 Å². The number of likely N-dealkylation sites (N-methyl/N-ethyl adjacent to an activating group) is 1. The molecule has 0 unspecified atom stereocenters. The minimum atomic E-state index is -0.643. The van der Waals surface area contributed by atoms with Gasteiger partial charge in [-0.2, -0.15) is 0 Å². The van der Waals surface area contributed by atoms with Gasteiger partial charge in [-0.15, -0.1) is 0 Å². The first-order valence-electron chi connectivity index (χ1n) is 9.69. The van der Waals surface area contributed by atoms with Crippen molar-refractivity contribution in [2.45, 2.75) is 13.0 Å². The van der Waals surface area contributed by atoms with Crippen LogP contribution in [-0.2, 0) is 4.79 Å². The molecule has 0 bridgehead atoms. The molecule has 0 aliphatic carbocycles. The van der Waals surface area contributed by atoms with Crippen molar-refractivity contribution in [2.75, 3.05) is 11.9 Å². The fourth-order valence-corrected chi connectivity index (χ4v) is 3.20. The van der Waals surface area contributed by atoms with Gasteiger partial charge in [0.05, 0.1) is 17.2 Å². The van der Waals surface area contributed by atoms with Crippen molar-refractivity contribution in [3.8, 4) is 17.4 Å². The lowest BCUT2D eigenvalue weighted by molar-refractivity contribution is -0.124. The maximum atomic E-state index is 12.6. The van der Waals surface area contributed by atoms with E-state index in [-0.39, 0.29) is 5.91 Å². The van der Waals surface area contributed by atoms with Crippen LogP contribution >= 0.6 is 11.6 Å². The number of carbonyl (C=O) groups is 1. The van der Waals surface area contributed by atoms with Gasteiger partial charge in [0.1, 0.15) is 11.5 Å². The van der Waals surface area contributed by atoms with Crippen LogP contribution in [0.25, 0.3) is 11.0 Å². The molecule has 6 nitrogen and oxygen atoms in total. The lowest BCUT2D eigenvalue weighted by atomic mass is 10.2. The van der Waals surface area contributed by atoms with Gasteiger partial charge < -0.3 is 14.4 Å². The second-order valence-corrected chi connectivity index (χ2v) is 7.34. The van der Waals surface area contributed by atoms with Crippen LogP contribution in [0.15, 0.2) is 79.0 Å². The van der Waals surface area contributed by atoms with Crippen LogP contribution < -0.4 is 14.4 Å². The SMILES string of the molecule is C[C@@H](Oc1ccc(Oc2cnc3cc(Cl)ccc3n2)cc1)C(=O)N(C)c1ccccc1. The van der Waals surface area contributed by atoms with E-state index in [1.165, 1.54) is 0 Å². The fourth-order valence-electron chi connectivity index (χ4n) is 3.03. The van der Waals surface area contributed by atoms with Gasteiger partial charge in [-0.3, -0.25) is 4.79 Å². The number of hydrogen-bond acceptors (Lipinski definition) is 5. The number of rotatable bonds is 6. The van der Waals surface area contributed by atoms with Gasteiger partial charge in [0.2, 0.25) is 5.88 Å². The Bertz CT molecular complexity index is 1200. The predicted octanol–water partition coefficient (Wildman–Crippen LogP) is 5.51. The molecule has 0 saturated carbocycles. The molecule has 1 aromatic heterocycles. The number of ether oxygens (including phenoxy) is 2. The molecule has 0 spiro atoms. The van der Waals surface area contributed by atoms with Crippen LogP contribution in [0.2, 0.25) is 5.02 Å². The number of hydrogen-bond donors (Lipinski definition) is 0. The summed E-state index contributed by atoms with van der Waals surface area (Å²) < 4.78 is 11.6. The molecule has 4 rings (SSSR count). The molecule has 1 atom stereocenters. The molecule has 0 radical (unpaired) electrons. The maximum Gasteiger partial charge on any atom is 0.267 e. The number of halogens is 1. The lowest BCUT2D eigenvalue weighted by Crippen LogP contribution is -2.37. The zero-order chi connectivity index (χ0) is 21.8.